The van der Waals surface area contributed by atoms with Gasteiger partial charge in [0.2, 0.25) is 0 Å². The van der Waals surface area contributed by atoms with E-state index in [1.165, 1.54) is 17.5 Å². The number of nitrogens with zero attached hydrogens (tertiary/aromatic N) is 6. The average molecular weight is 466 g/mol. The van der Waals surface area contributed by atoms with Crippen molar-refractivity contribution in [2.45, 2.75) is 56.4 Å². The smallest absolute Gasteiger partial charge is 0.185 e. The number of hydrogen-bond donors (Lipinski definition) is 2. The Kier molecular flexibility index (Phi) is 5.46. The second-order valence-corrected chi connectivity index (χ2v) is 10.1. The molecule has 0 saturated carbocycles. The Hall–Kier alpha value is -3.16. The zero-order chi connectivity index (χ0) is 23.2. The maximum Gasteiger partial charge on any atom is 0.185 e. The molecule has 2 N–H and O–H groups in total. The molecule has 2 saturated heterocycles. The molecule has 2 fully saturated rings. The average Bonchev–Trinajstić information content (AvgIpc) is 3.31. The van der Waals surface area contributed by atoms with Gasteiger partial charge in [-0.05, 0) is 44.7 Å². The maximum absolute atomic E-state index is 15.2. The summed E-state index contributed by atoms with van der Waals surface area (Å²) in [6, 6.07) is 6.68. The first-order valence-electron chi connectivity index (χ1n) is 10.9. The number of fused-ring (bicyclic) bond motifs is 2. The monoisotopic (exact) mass is 465 g/mol. The number of rotatable bonds is 4. The van der Waals surface area contributed by atoms with Crippen LogP contribution in [0.25, 0.3) is 22.0 Å². The lowest BCUT2D eigenvalue weighted by molar-refractivity contribution is 0.0607. The molecule has 2 bridgehead atoms. The van der Waals surface area contributed by atoms with Crippen molar-refractivity contribution in [2.24, 2.45) is 0 Å². The highest BCUT2D eigenvalue weighted by atomic mass is 32.1. The highest BCUT2D eigenvalue weighted by Crippen LogP contribution is 2.38. The summed E-state index contributed by atoms with van der Waals surface area (Å²) in [7, 11) is 1.84. The molecule has 4 atom stereocenters. The number of nitriles is 1. The van der Waals surface area contributed by atoms with E-state index in [1.807, 2.05) is 11.9 Å². The van der Waals surface area contributed by atoms with Crippen LogP contribution < -0.4 is 10.2 Å². The van der Waals surface area contributed by atoms with Crippen molar-refractivity contribution in [1.29, 1.82) is 5.26 Å². The molecule has 0 aliphatic carbocycles. The molecule has 0 amide bonds. The quantitative estimate of drug-likeness (QED) is 0.600. The van der Waals surface area contributed by atoms with Crippen LogP contribution in [0.15, 0.2) is 30.6 Å². The molecule has 4 heterocycles. The molecule has 5 rings (SSSR count). The van der Waals surface area contributed by atoms with Gasteiger partial charge in [0, 0.05) is 24.2 Å². The van der Waals surface area contributed by atoms with E-state index < -0.39 is 6.17 Å². The molecule has 33 heavy (non-hydrogen) atoms. The first kappa shape index (κ1) is 21.7. The van der Waals surface area contributed by atoms with Crippen LogP contribution in [0.2, 0.25) is 0 Å². The normalized spacial score (nSPS) is 26.5. The highest BCUT2D eigenvalue weighted by Gasteiger charge is 2.47. The summed E-state index contributed by atoms with van der Waals surface area (Å²) in [6.45, 7) is 2.16. The molecule has 2 aliphatic heterocycles. The summed E-state index contributed by atoms with van der Waals surface area (Å²) >= 11 is 1.25. The number of aromatic hydroxyl groups is 1. The van der Waals surface area contributed by atoms with E-state index in [0.717, 1.165) is 19.3 Å². The SMILES string of the molecule is CN(c1cnc(-c2ccc(-c3ncc(C#N)s3)cc2O)nn1)[C@@H]1C[C@@]2(C)CCC[C@@H](N2)[C@@H]1F. The fourth-order valence-electron chi connectivity index (χ4n) is 4.93. The lowest BCUT2D eigenvalue weighted by Gasteiger charge is -2.51. The van der Waals surface area contributed by atoms with E-state index in [9.17, 15) is 5.11 Å². The zero-order valence-electron chi connectivity index (χ0n) is 18.4. The second-order valence-electron chi connectivity index (χ2n) is 9.04. The largest absolute Gasteiger partial charge is 0.507 e. The van der Waals surface area contributed by atoms with Crippen LogP contribution in [0.1, 0.15) is 37.5 Å². The van der Waals surface area contributed by atoms with Crippen molar-refractivity contribution in [3.63, 3.8) is 0 Å². The Labute approximate surface area is 195 Å². The molecular formula is C23H24FN7OS. The first-order chi connectivity index (χ1) is 15.9. The lowest BCUT2D eigenvalue weighted by Crippen LogP contribution is -2.66. The molecular weight excluding hydrogens is 441 g/mol. The molecule has 2 aliphatic rings. The Morgan fingerprint density at radius 3 is 2.85 bits per heavy atom. The van der Waals surface area contributed by atoms with Gasteiger partial charge >= 0.3 is 0 Å². The molecule has 0 spiro atoms. The van der Waals surface area contributed by atoms with Gasteiger partial charge in [0.1, 0.15) is 27.9 Å². The Bertz CT molecular complexity index is 1210. The number of piperidine rings is 2. The predicted molar refractivity (Wildman–Crippen MR) is 124 cm³/mol. The number of phenols is 1. The molecule has 3 aromatic rings. The number of benzene rings is 1. The summed E-state index contributed by atoms with van der Waals surface area (Å²) in [6.07, 6.45) is 5.71. The lowest BCUT2D eigenvalue weighted by atomic mass is 9.74. The first-order valence-corrected chi connectivity index (χ1v) is 11.7. The van der Waals surface area contributed by atoms with Crippen LogP contribution in [0.3, 0.4) is 0 Å². The summed E-state index contributed by atoms with van der Waals surface area (Å²) < 4.78 is 15.2. The minimum absolute atomic E-state index is 0.00737. The minimum atomic E-state index is -0.992. The number of halogens is 1. The minimum Gasteiger partial charge on any atom is -0.507 e. The molecule has 2 aromatic heterocycles. The van der Waals surface area contributed by atoms with E-state index in [4.69, 9.17) is 5.26 Å². The van der Waals surface area contributed by atoms with Gasteiger partial charge in [-0.1, -0.05) is 6.07 Å². The fraction of sp³-hybridized carbons (Fsp3) is 0.435. The van der Waals surface area contributed by atoms with Crippen LogP contribution in [0.4, 0.5) is 10.2 Å². The summed E-state index contributed by atoms with van der Waals surface area (Å²) in [5.41, 5.74) is 1.07. The molecule has 8 nitrogen and oxygen atoms in total. The molecule has 0 radical (unpaired) electrons. The van der Waals surface area contributed by atoms with E-state index in [0.29, 0.717) is 33.3 Å². The van der Waals surface area contributed by atoms with Gasteiger partial charge in [0.25, 0.3) is 0 Å². The summed E-state index contributed by atoms with van der Waals surface area (Å²) in [4.78, 5) is 10.9. The Morgan fingerprint density at radius 1 is 1.30 bits per heavy atom. The van der Waals surface area contributed by atoms with Crippen LogP contribution >= 0.6 is 11.3 Å². The standard InChI is InChI=1S/C23H24FN7OS/c1-23-7-3-4-16(28-23)20(24)17(9-23)31(2)19-12-26-21(30-29-19)15-6-5-13(8-18(15)32)22-27-11-14(10-25)33-22/h5-6,8,11-12,16-17,20,28,32H,3-4,7,9H2,1-2H3/t16-,17-,20+,23-/m1/s1. The van der Waals surface area contributed by atoms with Gasteiger partial charge in [-0.3, -0.25) is 0 Å². The van der Waals surface area contributed by atoms with Crippen molar-refractivity contribution in [2.75, 3.05) is 11.9 Å². The third-order valence-electron chi connectivity index (χ3n) is 6.70. The van der Waals surface area contributed by atoms with Crippen LogP contribution in [0, 0.1) is 11.3 Å². The van der Waals surface area contributed by atoms with Gasteiger partial charge < -0.3 is 15.3 Å². The van der Waals surface area contributed by atoms with E-state index in [2.05, 4.69) is 38.5 Å². The van der Waals surface area contributed by atoms with E-state index >= 15 is 4.39 Å². The third-order valence-corrected chi connectivity index (χ3v) is 7.65. The topological polar surface area (TPSA) is 111 Å². The van der Waals surface area contributed by atoms with Gasteiger partial charge in [-0.2, -0.15) is 5.26 Å². The van der Waals surface area contributed by atoms with Crippen LogP contribution in [-0.4, -0.2) is 56.1 Å². The predicted octanol–water partition coefficient (Wildman–Crippen LogP) is 3.69. The van der Waals surface area contributed by atoms with Crippen molar-refractivity contribution in [3.8, 4) is 33.8 Å². The maximum atomic E-state index is 15.2. The van der Waals surface area contributed by atoms with Crippen LogP contribution in [0.5, 0.6) is 5.75 Å². The number of aromatic nitrogens is 4. The number of hydrogen-bond acceptors (Lipinski definition) is 9. The van der Waals surface area contributed by atoms with Crippen molar-refractivity contribution in [1.82, 2.24) is 25.5 Å². The number of phenolic OH excluding ortho intramolecular Hbond substituents is 1. The summed E-state index contributed by atoms with van der Waals surface area (Å²) in [5.74, 6) is 0.768. The Morgan fingerprint density at radius 2 is 2.15 bits per heavy atom. The number of nitrogens with one attached hydrogen (secondary N) is 1. The highest BCUT2D eigenvalue weighted by molar-refractivity contribution is 7.15. The summed E-state index contributed by atoms with van der Waals surface area (Å²) in [5, 5.41) is 32.1. The number of anilines is 1. The molecule has 0 unspecified atom stereocenters. The molecule has 10 heteroatoms. The third kappa shape index (κ3) is 4.03. The fourth-order valence-corrected chi connectivity index (χ4v) is 5.64. The van der Waals surface area contributed by atoms with Gasteiger partial charge in [-0.15, -0.1) is 21.5 Å². The van der Waals surface area contributed by atoms with Gasteiger partial charge in [-0.25, -0.2) is 14.4 Å². The number of alkyl halides is 1. The van der Waals surface area contributed by atoms with Crippen molar-refractivity contribution < 1.29 is 9.50 Å². The van der Waals surface area contributed by atoms with Crippen LogP contribution in [-0.2, 0) is 0 Å². The van der Waals surface area contributed by atoms with Crippen molar-refractivity contribution in [3.05, 3.63) is 35.5 Å². The van der Waals surface area contributed by atoms with Crippen molar-refractivity contribution >= 4 is 17.2 Å². The molecule has 1 aromatic carbocycles. The zero-order valence-corrected chi connectivity index (χ0v) is 19.2. The van der Waals surface area contributed by atoms with E-state index in [1.54, 1.807) is 24.4 Å². The van der Waals surface area contributed by atoms with Gasteiger partial charge in [0.05, 0.1) is 24.0 Å². The second kappa shape index (κ2) is 8.32. The number of thiazole rings is 1. The Balaban J connectivity index is 1.36. The van der Waals surface area contributed by atoms with Gasteiger partial charge in [0.15, 0.2) is 11.6 Å². The molecule has 170 valence electrons. The van der Waals surface area contributed by atoms with E-state index in [-0.39, 0.29) is 29.2 Å².